The zero-order chi connectivity index (χ0) is 26.3. The van der Waals surface area contributed by atoms with Crippen LogP contribution < -0.4 is 0 Å². The molecule has 1 amide bonds. The van der Waals surface area contributed by atoms with E-state index in [2.05, 4.69) is 16.7 Å². The second-order valence-corrected chi connectivity index (χ2v) is 10.9. The predicted molar refractivity (Wildman–Crippen MR) is 135 cm³/mol. The minimum Gasteiger partial charge on any atom is -0.481 e. The van der Waals surface area contributed by atoms with E-state index in [1.807, 2.05) is 26.8 Å². The molecule has 1 saturated heterocycles. The molecule has 188 valence electrons. The Kier molecular flexibility index (Phi) is 6.57. The molecule has 3 atom stereocenters. The first-order valence-electron chi connectivity index (χ1n) is 11.4. The number of hydrogen-bond acceptors (Lipinski definition) is 6. The lowest BCUT2D eigenvalue weighted by atomic mass is 9.83. The third kappa shape index (κ3) is 4.32. The Labute approximate surface area is 212 Å². The van der Waals surface area contributed by atoms with Crippen molar-refractivity contribution in [2.24, 2.45) is 5.92 Å². The first-order valence-corrected chi connectivity index (χ1v) is 12.3. The monoisotopic (exact) mass is 508 g/mol. The molecule has 0 bridgehead atoms. The van der Waals surface area contributed by atoms with Gasteiger partial charge < -0.3 is 15.1 Å². The Morgan fingerprint density at radius 1 is 1.25 bits per heavy atom. The summed E-state index contributed by atoms with van der Waals surface area (Å²) in [4.78, 5) is 45.0. The van der Waals surface area contributed by atoms with Gasteiger partial charge in [0.05, 0.1) is 18.5 Å². The Morgan fingerprint density at radius 2 is 2.00 bits per heavy atom. The first kappa shape index (κ1) is 25.3. The summed E-state index contributed by atoms with van der Waals surface area (Å²) in [6.07, 6.45) is 5.98. The van der Waals surface area contributed by atoms with Crippen LogP contribution in [0.3, 0.4) is 0 Å². The number of likely N-dealkylation sites (tertiary alicyclic amines) is 1. The molecule has 1 aliphatic rings. The zero-order valence-electron chi connectivity index (χ0n) is 20.3. The first-order chi connectivity index (χ1) is 17.0. The van der Waals surface area contributed by atoms with Crippen LogP contribution in [0.4, 0.5) is 0 Å². The van der Waals surface area contributed by atoms with E-state index >= 15 is 0 Å². The van der Waals surface area contributed by atoms with Gasteiger partial charge >= 0.3 is 11.9 Å². The van der Waals surface area contributed by atoms with Gasteiger partial charge in [0.15, 0.2) is 5.54 Å². The van der Waals surface area contributed by atoms with Gasteiger partial charge in [-0.2, -0.15) is 5.10 Å². The van der Waals surface area contributed by atoms with E-state index in [9.17, 15) is 24.6 Å². The van der Waals surface area contributed by atoms with Crippen LogP contribution >= 0.6 is 11.3 Å². The number of carbonyl (C=O) groups is 3. The van der Waals surface area contributed by atoms with Crippen LogP contribution in [-0.2, 0) is 21.5 Å². The molecule has 36 heavy (non-hydrogen) atoms. The second-order valence-electron chi connectivity index (χ2n) is 9.94. The maximum Gasteiger partial charge on any atom is 0.331 e. The number of aromatic nitrogens is 3. The molecule has 0 saturated carbocycles. The summed E-state index contributed by atoms with van der Waals surface area (Å²) in [6.45, 7) is 9.82. The van der Waals surface area contributed by atoms with Crippen molar-refractivity contribution in [1.82, 2.24) is 19.7 Å². The van der Waals surface area contributed by atoms with Gasteiger partial charge in [-0.25, -0.2) is 9.78 Å². The Bertz CT molecular complexity index is 1300. The topological polar surface area (TPSA) is 126 Å². The number of carboxylic acids is 2. The summed E-state index contributed by atoms with van der Waals surface area (Å²) in [5.74, 6) is -4.24. The highest BCUT2D eigenvalue weighted by molar-refractivity contribution is 7.09. The van der Waals surface area contributed by atoms with Crippen LogP contribution in [0, 0.1) is 5.92 Å². The molecule has 10 heteroatoms. The summed E-state index contributed by atoms with van der Waals surface area (Å²) in [5.41, 5.74) is -0.0878. The van der Waals surface area contributed by atoms with Crippen molar-refractivity contribution in [2.45, 2.75) is 50.7 Å². The van der Waals surface area contributed by atoms with Gasteiger partial charge in [0, 0.05) is 29.5 Å². The zero-order valence-corrected chi connectivity index (χ0v) is 21.1. The van der Waals surface area contributed by atoms with Crippen LogP contribution in [0.1, 0.15) is 59.7 Å². The minimum absolute atomic E-state index is 0.207. The molecule has 0 radical (unpaired) electrons. The van der Waals surface area contributed by atoms with Crippen molar-refractivity contribution in [3.05, 3.63) is 76.5 Å². The number of hydrogen-bond donors (Lipinski definition) is 2. The Hall–Kier alpha value is -3.79. The third-order valence-electron chi connectivity index (χ3n) is 6.63. The van der Waals surface area contributed by atoms with E-state index < -0.39 is 35.3 Å². The number of benzene rings is 1. The van der Waals surface area contributed by atoms with Gasteiger partial charge in [0.2, 0.25) is 0 Å². The van der Waals surface area contributed by atoms with Crippen molar-refractivity contribution in [3.8, 4) is 0 Å². The van der Waals surface area contributed by atoms with E-state index in [1.54, 1.807) is 35.9 Å². The van der Waals surface area contributed by atoms with Crippen LogP contribution in [0.15, 0.2) is 54.8 Å². The summed E-state index contributed by atoms with van der Waals surface area (Å²) >= 11 is 1.19. The van der Waals surface area contributed by atoms with Crippen LogP contribution in [0.25, 0.3) is 6.08 Å². The molecular weight excluding hydrogens is 480 g/mol. The summed E-state index contributed by atoms with van der Waals surface area (Å²) in [5, 5.41) is 26.8. The molecule has 3 aromatic rings. The number of thiazole rings is 1. The van der Waals surface area contributed by atoms with Gasteiger partial charge in [0.1, 0.15) is 5.01 Å². The Balaban J connectivity index is 1.92. The third-order valence-corrected chi connectivity index (χ3v) is 7.47. The maximum atomic E-state index is 14.2. The fourth-order valence-electron chi connectivity index (χ4n) is 4.97. The Morgan fingerprint density at radius 3 is 2.53 bits per heavy atom. The van der Waals surface area contributed by atoms with E-state index in [-0.39, 0.29) is 23.9 Å². The maximum absolute atomic E-state index is 14.2. The summed E-state index contributed by atoms with van der Waals surface area (Å²) in [7, 11) is 0. The lowest BCUT2D eigenvalue weighted by molar-refractivity contribution is -0.150. The highest BCUT2D eigenvalue weighted by Crippen LogP contribution is 2.49. The summed E-state index contributed by atoms with van der Waals surface area (Å²) in [6, 6.07) is 5.76. The van der Waals surface area contributed by atoms with E-state index in [1.165, 1.54) is 33.3 Å². The normalized spacial score (nSPS) is 21.9. The van der Waals surface area contributed by atoms with E-state index in [0.717, 1.165) is 11.1 Å². The SMILES string of the molecule is C=Cc1cc(C(=O)N2[C@@H](c3nccs3)[C@@H](C(=O)O)C[C@@]2(Cn2cccn2)C(=O)O)ccc1C(C)(C)C. The number of aliphatic carboxylic acids is 2. The molecular formula is C26H28N4O5S. The standard InChI is InChI=1S/C26H28N4O5S/c1-5-16-13-17(7-8-19(16)25(2,3)4)22(31)30-20(21-27-10-12-36-21)18(23(32)33)14-26(30,24(34)35)15-29-11-6-9-28-29/h5-13,18,20H,1,14-15H2,2-4H3,(H,32,33)(H,34,35)/t18-,20+,26+/m0/s1. The average Bonchev–Trinajstić information content (AvgIpc) is 3.58. The van der Waals surface area contributed by atoms with Crippen molar-refractivity contribution in [2.75, 3.05) is 0 Å². The van der Waals surface area contributed by atoms with Gasteiger partial charge in [-0.1, -0.05) is 39.5 Å². The molecule has 1 fully saturated rings. The second kappa shape index (κ2) is 9.34. The molecule has 2 N–H and O–H groups in total. The fraction of sp³-hybridized carbons (Fsp3) is 0.346. The largest absolute Gasteiger partial charge is 0.481 e. The van der Waals surface area contributed by atoms with E-state index in [0.29, 0.717) is 5.01 Å². The van der Waals surface area contributed by atoms with E-state index in [4.69, 9.17) is 0 Å². The quantitative estimate of drug-likeness (QED) is 0.492. The van der Waals surface area contributed by atoms with Gasteiger partial charge in [0.25, 0.3) is 5.91 Å². The number of amides is 1. The van der Waals surface area contributed by atoms with Crippen molar-refractivity contribution >= 4 is 35.3 Å². The van der Waals surface area contributed by atoms with Crippen molar-refractivity contribution < 1.29 is 24.6 Å². The molecule has 4 rings (SSSR count). The molecule has 0 spiro atoms. The average molecular weight is 509 g/mol. The van der Waals surface area contributed by atoms with Gasteiger partial charge in [-0.15, -0.1) is 11.3 Å². The molecule has 9 nitrogen and oxygen atoms in total. The highest BCUT2D eigenvalue weighted by Gasteiger charge is 2.62. The van der Waals surface area contributed by atoms with Crippen LogP contribution in [-0.4, -0.2) is 53.3 Å². The minimum atomic E-state index is -1.86. The van der Waals surface area contributed by atoms with Crippen LogP contribution in [0.2, 0.25) is 0 Å². The number of rotatable bonds is 7. The molecule has 1 aliphatic heterocycles. The lowest BCUT2D eigenvalue weighted by Gasteiger charge is -2.37. The van der Waals surface area contributed by atoms with Gasteiger partial charge in [-0.05, 0) is 41.2 Å². The molecule has 3 heterocycles. The number of carboxylic acid groups (broad SMARTS) is 2. The predicted octanol–water partition coefficient (Wildman–Crippen LogP) is 4.09. The number of nitrogens with zero attached hydrogens (tertiary/aromatic N) is 4. The molecule has 0 aliphatic carbocycles. The number of carbonyl (C=O) groups excluding carboxylic acids is 1. The van der Waals surface area contributed by atoms with Crippen molar-refractivity contribution in [1.29, 1.82) is 0 Å². The van der Waals surface area contributed by atoms with Gasteiger partial charge in [-0.3, -0.25) is 14.3 Å². The molecule has 1 aromatic carbocycles. The van der Waals surface area contributed by atoms with Crippen LogP contribution in [0.5, 0.6) is 0 Å². The molecule has 2 aromatic heterocycles. The molecule has 0 unspecified atom stereocenters. The smallest absolute Gasteiger partial charge is 0.331 e. The fourth-order valence-corrected chi connectivity index (χ4v) is 5.77. The summed E-state index contributed by atoms with van der Waals surface area (Å²) < 4.78 is 1.41. The highest BCUT2D eigenvalue weighted by atomic mass is 32.1. The lowest BCUT2D eigenvalue weighted by Crippen LogP contribution is -2.56. The van der Waals surface area contributed by atoms with Crippen molar-refractivity contribution in [3.63, 3.8) is 0 Å².